The molecule has 0 aliphatic carbocycles. The number of rotatable bonds is 7. The number of benzene rings is 1. The third kappa shape index (κ3) is 4.96. The summed E-state index contributed by atoms with van der Waals surface area (Å²) in [5.74, 6) is -0.635. The zero-order valence-electron chi connectivity index (χ0n) is 19.5. The number of phosphoric ester groups is 1. The summed E-state index contributed by atoms with van der Waals surface area (Å²) >= 11 is 17.4. The molecule has 0 heterocycles. The number of halogens is 3. The summed E-state index contributed by atoms with van der Waals surface area (Å²) < 4.78 is 99.3. The predicted octanol–water partition coefficient (Wildman–Crippen LogP) is 5.73. The fraction of sp³-hybridized carbons (Fsp3) is 0.333. The minimum absolute atomic E-state index is 0.104. The van der Waals surface area contributed by atoms with Crippen molar-refractivity contribution >= 4 is 48.4 Å². The molecule has 0 saturated heterocycles. The standard InChI is InChI=1S/C12H14Cl3O4P/c1-3-17-20(16,18-4-2)19-12(8-13)10-6-5-9(14)7-11(10)15/h5-8H,3-4H2,1-2H3/b12-8-/i1D3,2D3,3D2,4D2. The van der Waals surface area contributed by atoms with Gasteiger partial charge < -0.3 is 4.52 Å². The Kier molecular flexibility index (Phi) is 3.26. The van der Waals surface area contributed by atoms with E-state index in [-0.39, 0.29) is 15.6 Å². The maximum absolute atomic E-state index is 13.0. The molecule has 0 atom stereocenters. The molecular weight excluding hydrogens is 345 g/mol. The molecule has 0 N–H and O–H groups in total. The highest BCUT2D eigenvalue weighted by Gasteiger charge is 2.29. The van der Waals surface area contributed by atoms with Gasteiger partial charge in [0, 0.05) is 24.3 Å². The summed E-state index contributed by atoms with van der Waals surface area (Å²) in [5.41, 5.74) is 0.525. The summed E-state index contributed by atoms with van der Waals surface area (Å²) in [6, 6.07) is 3.75. The van der Waals surface area contributed by atoms with Crippen LogP contribution in [0.1, 0.15) is 33.0 Å². The van der Waals surface area contributed by atoms with Crippen molar-refractivity contribution in [2.45, 2.75) is 13.7 Å². The van der Waals surface area contributed by atoms with Crippen LogP contribution in [0, 0.1) is 0 Å². The van der Waals surface area contributed by atoms with Gasteiger partial charge in [-0.05, 0) is 31.9 Å². The van der Waals surface area contributed by atoms with Gasteiger partial charge in [0.05, 0.1) is 23.6 Å². The highest BCUT2D eigenvalue weighted by Crippen LogP contribution is 2.53. The first-order valence-corrected chi connectivity index (χ1v) is 7.37. The molecule has 0 saturated carbocycles. The molecule has 0 bridgehead atoms. The van der Waals surface area contributed by atoms with Crippen LogP contribution in [-0.4, -0.2) is 13.1 Å². The van der Waals surface area contributed by atoms with Crippen LogP contribution in [0.25, 0.3) is 5.76 Å². The van der Waals surface area contributed by atoms with Crippen LogP contribution in [0.2, 0.25) is 10.0 Å². The average molecular weight is 370 g/mol. The lowest BCUT2D eigenvalue weighted by Crippen LogP contribution is -2.00. The molecule has 1 aromatic rings. The van der Waals surface area contributed by atoms with Crippen molar-refractivity contribution in [2.24, 2.45) is 0 Å². The van der Waals surface area contributed by atoms with E-state index in [2.05, 4.69) is 9.05 Å². The molecule has 8 heteroatoms. The van der Waals surface area contributed by atoms with E-state index in [1.54, 1.807) is 0 Å². The second-order valence-electron chi connectivity index (χ2n) is 3.02. The van der Waals surface area contributed by atoms with Crippen molar-refractivity contribution < 1.29 is 31.8 Å². The van der Waals surface area contributed by atoms with Gasteiger partial charge in [-0.2, -0.15) is 0 Å². The van der Waals surface area contributed by atoms with E-state index in [1.807, 2.05) is 0 Å². The van der Waals surface area contributed by atoms with Gasteiger partial charge in [-0.1, -0.05) is 34.8 Å². The first kappa shape index (κ1) is 7.87. The molecule has 4 nitrogen and oxygen atoms in total. The Morgan fingerprint density at radius 2 is 2.05 bits per heavy atom. The summed E-state index contributed by atoms with van der Waals surface area (Å²) in [6.45, 7) is -14.5. The number of hydrogen-bond acceptors (Lipinski definition) is 4. The van der Waals surface area contributed by atoms with E-state index >= 15 is 0 Å². The Bertz CT molecular complexity index is 824. The summed E-state index contributed by atoms with van der Waals surface area (Å²) in [5, 5.41) is 0.0736. The Balaban J connectivity index is 3.47. The van der Waals surface area contributed by atoms with Gasteiger partial charge in [0.1, 0.15) is 0 Å². The van der Waals surface area contributed by atoms with E-state index in [1.165, 1.54) is 18.2 Å². The minimum Gasteiger partial charge on any atom is -0.402 e. The second-order valence-corrected chi connectivity index (χ2v) is 5.53. The molecule has 0 aromatic heterocycles. The van der Waals surface area contributed by atoms with Crippen molar-refractivity contribution in [2.75, 3.05) is 13.1 Å². The summed E-state index contributed by atoms with van der Waals surface area (Å²) in [4.78, 5) is 0. The van der Waals surface area contributed by atoms with E-state index in [9.17, 15) is 4.57 Å². The Morgan fingerprint density at radius 3 is 2.55 bits per heavy atom. The fourth-order valence-electron chi connectivity index (χ4n) is 1.11. The van der Waals surface area contributed by atoms with Crippen LogP contribution >= 0.6 is 42.6 Å². The highest BCUT2D eigenvalue weighted by atomic mass is 35.5. The monoisotopic (exact) mass is 368 g/mol. The van der Waals surface area contributed by atoms with E-state index in [0.717, 1.165) is 0 Å². The average Bonchev–Trinajstić information content (AvgIpc) is 2.49. The summed E-state index contributed by atoms with van der Waals surface area (Å²) in [6.07, 6.45) is 0. The van der Waals surface area contributed by atoms with Gasteiger partial charge in [-0.25, -0.2) is 4.57 Å². The normalized spacial score (nSPS) is 22.6. The van der Waals surface area contributed by atoms with E-state index in [4.69, 9.17) is 53.0 Å². The Hall–Kier alpha value is -0.220. The largest absolute Gasteiger partial charge is 0.530 e. The zero-order chi connectivity index (χ0) is 23.8. The lowest BCUT2D eigenvalue weighted by molar-refractivity contribution is 0.159. The third-order valence-electron chi connectivity index (χ3n) is 1.82. The molecule has 1 rings (SSSR count). The van der Waals surface area contributed by atoms with Crippen molar-refractivity contribution in [3.05, 3.63) is 39.3 Å². The molecule has 0 radical (unpaired) electrons. The Labute approximate surface area is 147 Å². The van der Waals surface area contributed by atoms with Crippen LogP contribution in [0.3, 0.4) is 0 Å². The minimum atomic E-state index is -5.64. The van der Waals surface area contributed by atoms with Crippen molar-refractivity contribution in [3.63, 3.8) is 0 Å². The topological polar surface area (TPSA) is 44.8 Å². The fourth-order valence-corrected chi connectivity index (χ4v) is 2.56. The maximum atomic E-state index is 13.0. The first-order valence-electron chi connectivity index (χ1n) is 9.72. The molecule has 0 unspecified atom stereocenters. The molecule has 0 fully saturated rings. The number of phosphoric acid groups is 1. The third-order valence-corrected chi connectivity index (χ3v) is 3.62. The van der Waals surface area contributed by atoms with Crippen molar-refractivity contribution in [3.8, 4) is 0 Å². The van der Waals surface area contributed by atoms with E-state index < -0.39 is 40.4 Å². The van der Waals surface area contributed by atoms with Gasteiger partial charge in [-0.3, -0.25) is 9.05 Å². The van der Waals surface area contributed by atoms with Gasteiger partial charge in [0.25, 0.3) is 0 Å². The van der Waals surface area contributed by atoms with Gasteiger partial charge in [0.15, 0.2) is 5.76 Å². The van der Waals surface area contributed by atoms with E-state index in [0.29, 0.717) is 5.54 Å². The van der Waals surface area contributed by atoms with Crippen molar-refractivity contribution in [1.29, 1.82) is 0 Å². The van der Waals surface area contributed by atoms with Crippen LogP contribution in [-0.2, 0) is 18.1 Å². The van der Waals surface area contributed by atoms with Gasteiger partial charge in [-0.15, -0.1) is 0 Å². The lowest BCUT2D eigenvalue weighted by Gasteiger charge is -2.19. The molecular formula is C12H14Cl3O4P. The molecule has 0 amide bonds. The lowest BCUT2D eigenvalue weighted by atomic mass is 10.2. The van der Waals surface area contributed by atoms with Crippen LogP contribution < -0.4 is 0 Å². The molecule has 112 valence electrons. The first-order chi connectivity index (χ1) is 13.2. The van der Waals surface area contributed by atoms with Gasteiger partial charge in [0.2, 0.25) is 0 Å². The molecule has 0 aliphatic heterocycles. The second kappa shape index (κ2) is 8.28. The Morgan fingerprint density at radius 1 is 1.40 bits per heavy atom. The molecule has 0 aliphatic rings. The van der Waals surface area contributed by atoms with Gasteiger partial charge >= 0.3 is 7.82 Å². The zero-order valence-corrected chi connectivity index (χ0v) is 12.7. The van der Waals surface area contributed by atoms with Crippen LogP contribution in [0.4, 0.5) is 0 Å². The SMILES string of the molecule is [2H]C([2H])([2H])C([2H])([2H])OP(=O)(O/C(=C\Cl)c1ccc(Cl)cc1Cl)OC([2H])([2H])C([2H])([2H])[2H]. The predicted molar refractivity (Wildman–Crippen MR) is 82.2 cm³/mol. The quantitative estimate of drug-likeness (QED) is 0.455. The van der Waals surface area contributed by atoms with Crippen molar-refractivity contribution in [1.82, 2.24) is 0 Å². The van der Waals surface area contributed by atoms with Crippen LogP contribution in [0.5, 0.6) is 0 Å². The van der Waals surface area contributed by atoms with Crippen LogP contribution in [0.15, 0.2) is 23.7 Å². The summed E-state index contributed by atoms with van der Waals surface area (Å²) in [7, 11) is -5.64. The maximum Gasteiger partial charge on any atom is 0.530 e. The number of hydrogen-bond donors (Lipinski definition) is 0. The molecule has 1 aromatic carbocycles. The molecule has 0 spiro atoms. The smallest absolute Gasteiger partial charge is 0.402 e. The molecule has 20 heavy (non-hydrogen) atoms. The highest BCUT2D eigenvalue weighted by molar-refractivity contribution is 7.48.